The van der Waals surface area contributed by atoms with Crippen molar-refractivity contribution in [2.24, 2.45) is 0 Å². The molecule has 0 aromatic carbocycles. The predicted molar refractivity (Wildman–Crippen MR) is 77.1 cm³/mol. The molecule has 1 aliphatic heterocycles. The van der Waals surface area contributed by atoms with Gasteiger partial charge >= 0.3 is 12.0 Å². The van der Waals surface area contributed by atoms with Crippen molar-refractivity contribution < 1.29 is 24.5 Å². The number of hydrogen-bond donors (Lipinski definition) is 3. The highest BCUT2D eigenvalue weighted by molar-refractivity contribution is 5.75. The Morgan fingerprint density at radius 1 is 1.33 bits per heavy atom. The number of carbonyl (C=O) groups excluding carboxylic acids is 1. The summed E-state index contributed by atoms with van der Waals surface area (Å²) in [5, 5.41) is 21.9. The van der Waals surface area contributed by atoms with Gasteiger partial charge in [0.15, 0.2) is 0 Å². The summed E-state index contributed by atoms with van der Waals surface area (Å²) in [4.78, 5) is 24.2. The van der Waals surface area contributed by atoms with E-state index in [1.165, 1.54) is 4.90 Å². The molecule has 2 amide bonds. The molecule has 0 atom stereocenters. The number of rotatable bonds is 6. The van der Waals surface area contributed by atoms with E-state index < -0.39 is 17.1 Å². The molecule has 7 heteroatoms. The molecule has 0 unspecified atom stereocenters. The zero-order chi connectivity index (χ0) is 16.1. The number of nitrogens with one attached hydrogen (secondary N) is 1. The third kappa shape index (κ3) is 6.31. The topological polar surface area (TPSA) is 99.1 Å². The van der Waals surface area contributed by atoms with E-state index in [1.807, 2.05) is 0 Å². The summed E-state index contributed by atoms with van der Waals surface area (Å²) in [5.74, 6) is -0.887. The molecule has 1 saturated heterocycles. The van der Waals surface area contributed by atoms with Crippen LogP contribution in [-0.2, 0) is 9.53 Å². The van der Waals surface area contributed by atoms with Crippen LogP contribution in [-0.4, -0.2) is 65.1 Å². The number of urea groups is 1. The van der Waals surface area contributed by atoms with Crippen LogP contribution >= 0.6 is 0 Å². The fourth-order valence-electron chi connectivity index (χ4n) is 2.29. The van der Waals surface area contributed by atoms with Crippen LogP contribution in [0.15, 0.2) is 0 Å². The number of aliphatic carboxylic acids is 1. The second-order valence-electron chi connectivity index (χ2n) is 6.40. The van der Waals surface area contributed by atoms with Crippen LogP contribution in [0.25, 0.3) is 0 Å². The number of nitrogens with zero attached hydrogens (tertiary/aromatic N) is 1. The monoisotopic (exact) mass is 302 g/mol. The molecule has 0 radical (unpaired) electrons. The van der Waals surface area contributed by atoms with Crippen molar-refractivity contribution in [3.05, 3.63) is 0 Å². The first-order chi connectivity index (χ1) is 9.64. The average Bonchev–Trinajstić information content (AvgIpc) is 2.36. The van der Waals surface area contributed by atoms with E-state index in [9.17, 15) is 14.7 Å². The first kappa shape index (κ1) is 17.7. The molecule has 122 valence electrons. The molecular weight excluding hydrogens is 276 g/mol. The van der Waals surface area contributed by atoms with Crippen molar-refractivity contribution in [1.29, 1.82) is 0 Å². The number of ether oxygens (including phenoxy) is 1. The van der Waals surface area contributed by atoms with E-state index in [-0.39, 0.29) is 19.0 Å². The number of amides is 2. The normalized spacial score (nSPS) is 18.1. The number of carboxylic acid groups (broad SMARTS) is 1. The van der Waals surface area contributed by atoms with Crippen molar-refractivity contribution >= 4 is 12.0 Å². The van der Waals surface area contributed by atoms with E-state index in [0.717, 1.165) is 0 Å². The van der Waals surface area contributed by atoms with Gasteiger partial charge in [0.25, 0.3) is 0 Å². The van der Waals surface area contributed by atoms with Crippen LogP contribution in [0.2, 0.25) is 0 Å². The third-order valence-corrected chi connectivity index (χ3v) is 3.71. The molecule has 0 aromatic heterocycles. The van der Waals surface area contributed by atoms with Gasteiger partial charge in [0.2, 0.25) is 0 Å². The lowest BCUT2D eigenvalue weighted by Crippen LogP contribution is -2.54. The molecule has 1 rings (SSSR count). The van der Waals surface area contributed by atoms with Gasteiger partial charge in [-0.1, -0.05) is 0 Å². The molecule has 3 N–H and O–H groups in total. The summed E-state index contributed by atoms with van der Waals surface area (Å²) in [6.07, 6.45) is 1.36. The minimum atomic E-state index is -0.907. The number of carboxylic acids is 1. The van der Waals surface area contributed by atoms with E-state index >= 15 is 0 Å². The largest absolute Gasteiger partial charge is 0.481 e. The maximum atomic E-state index is 12.1. The Balaban J connectivity index is 2.48. The van der Waals surface area contributed by atoms with Gasteiger partial charge in [-0.2, -0.15) is 0 Å². The number of carbonyl (C=O) groups is 2. The lowest BCUT2D eigenvalue weighted by atomic mass is 9.94. The zero-order valence-corrected chi connectivity index (χ0v) is 13.0. The molecule has 7 nitrogen and oxygen atoms in total. The van der Waals surface area contributed by atoms with E-state index in [1.54, 1.807) is 20.9 Å². The number of aliphatic hydroxyl groups is 1. The van der Waals surface area contributed by atoms with Crippen molar-refractivity contribution in [1.82, 2.24) is 10.2 Å². The van der Waals surface area contributed by atoms with E-state index in [2.05, 4.69) is 5.32 Å². The molecule has 1 aliphatic rings. The van der Waals surface area contributed by atoms with Gasteiger partial charge in [-0.05, 0) is 20.3 Å². The molecule has 1 heterocycles. The van der Waals surface area contributed by atoms with Crippen LogP contribution in [0.5, 0.6) is 0 Å². The minimum Gasteiger partial charge on any atom is -0.481 e. The summed E-state index contributed by atoms with van der Waals surface area (Å²) in [5.41, 5.74) is -1.52. The molecule has 21 heavy (non-hydrogen) atoms. The second-order valence-corrected chi connectivity index (χ2v) is 6.40. The quantitative estimate of drug-likeness (QED) is 0.674. The Morgan fingerprint density at radius 2 is 1.90 bits per heavy atom. The first-order valence-corrected chi connectivity index (χ1v) is 7.19. The second kappa shape index (κ2) is 7.09. The average molecular weight is 302 g/mol. The first-order valence-electron chi connectivity index (χ1n) is 7.19. The highest BCUT2D eigenvalue weighted by atomic mass is 16.5. The Kier molecular flexibility index (Phi) is 5.98. The summed E-state index contributed by atoms with van der Waals surface area (Å²) in [6, 6.07) is -0.315. The van der Waals surface area contributed by atoms with E-state index in [4.69, 9.17) is 9.84 Å². The van der Waals surface area contributed by atoms with Crippen molar-refractivity contribution in [3.8, 4) is 0 Å². The Morgan fingerprint density at radius 3 is 2.43 bits per heavy atom. The maximum Gasteiger partial charge on any atom is 0.317 e. The fraction of sp³-hybridized carbons (Fsp3) is 0.857. The van der Waals surface area contributed by atoms with Crippen LogP contribution in [0.3, 0.4) is 0 Å². The lowest BCUT2D eigenvalue weighted by Gasteiger charge is -2.36. The van der Waals surface area contributed by atoms with Crippen LogP contribution in [0.4, 0.5) is 4.79 Å². The highest BCUT2D eigenvalue weighted by Gasteiger charge is 2.33. The Labute approximate surface area is 125 Å². The molecule has 0 aliphatic carbocycles. The zero-order valence-electron chi connectivity index (χ0n) is 13.0. The summed E-state index contributed by atoms with van der Waals surface area (Å²) in [6.45, 7) is 4.79. The third-order valence-electron chi connectivity index (χ3n) is 3.71. The van der Waals surface area contributed by atoms with Gasteiger partial charge in [0, 0.05) is 45.1 Å². The predicted octanol–water partition coefficient (Wildman–Crippen LogP) is 0.813. The molecule has 0 saturated carbocycles. The molecule has 0 aromatic rings. The summed E-state index contributed by atoms with van der Waals surface area (Å²) in [7, 11) is 1.62. The number of hydrogen-bond acceptors (Lipinski definition) is 4. The molecule has 0 bridgehead atoms. The smallest absolute Gasteiger partial charge is 0.317 e. The van der Waals surface area contributed by atoms with E-state index in [0.29, 0.717) is 32.5 Å². The minimum absolute atomic E-state index is 0.00172. The summed E-state index contributed by atoms with van der Waals surface area (Å²) < 4.78 is 5.21. The summed E-state index contributed by atoms with van der Waals surface area (Å²) >= 11 is 0. The van der Waals surface area contributed by atoms with Crippen LogP contribution in [0.1, 0.15) is 39.5 Å². The fourth-order valence-corrected chi connectivity index (χ4v) is 2.29. The lowest BCUT2D eigenvalue weighted by molar-refractivity contribution is -0.137. The van der Waals surface area contributed by atoms with Gasteiger partial charge in [0.1, 0.15) is 0 Å². The van der Waals surface area contributed by atoms with Gasteiger partial charge in [-0.15, -0.1) is 0 Å². The highest BCUT2D eigenvalue weighted by Crippen LogP contribution is 2.21. The van der Waals surface area contributed by atoms with Crippen molar-refractivity contribution in [2.45, 2.75) is 50.7 Å². The van der Waals surface area contributed by atoms with Crippen molar-refractivity contribution in [3.63, 3.8) is 0 Å². The van der Waals surface area contributed by atoms with Gasteiger partial charge < -0.3 is 25.2 Å². The van der Waals surface area contributed by atoms with Gasteiger partial charge in [-0.25, -0.2) is 4.79 Å². The van der Waals surface area contributed by atoms with Gasteiger partial charge in [0.05, 0.1) is 12.1 Å². The number of likely N-dealkylation sites (N-methyl/N-ethyl adjacent to an activating group) is 1. The van der Waals surface area contributed by atoms with Gasteiger partial charge in [-0.3, -0.25) is 4.79 Å². The SMILES string of the molecule is CN(CC1(O)CCOCC1)C(=O)NC(C)(C)CCC(=O)O. The molecule has 0 spiro atoms. The Bertz CT molecular complexity index is 378. The standard InChI is InChI=1S/C14H26N2O5/c1-13(2,5-4-11(17)18)15-12(19)16(3)10-14(20)6-8-21-9-7-14/h20H,4-10H2,1-3H3,(H,15,19)(H,17,18). The maximum absolute atomic E-state index is 12.1. The Hall–Kier alpha value is -1.34. The molecular formula is C14H26N2O5. The van der Waals surface area contributed by atoms with Crippen molar-refractivity contribution in [2.75, 3.05) is 26.8 Å². The molecule has 1 fully saturated rings. The van der Waals surface area contributed by atoms with Crippen LogP contribution < -0.4 is 5.32 Å². The van der Waals surface area contributed by atoms with Crippen LogP contribution in [0, 0.1) is 0 Å².